The molecule has 1 aliphatic heterocycles. The van der Waals surface area contributed by atoms with Gasteiger partial charge in [0.25, 0.3) is 17.4 Å². The van der Waals surface area contributed by atoms with Crippen LogP contribution < -0.4 is 16.6 Å². The third-order valence-electron chi connectivity index (χ3n) is 3.53. The van der Waals surface area contributed by atoms with Crippen molar-refractivity contribution < 1.29 is 27.2 Å². The van der Waals surface area contributed by atoms with Gasteiger partial charge < -0.3 is 5.73 Å². The molecular formula is C14H6BrF4N3O3. The van der Waals surface area contributed by atoms with Gasteiger partial charge in [0.2, 0.25) is 0 Å². The van der Waals surface area contributed by atoms with E-state index in [1.807, 2.05) is 5.32 Å². The minimum atomic E-state index is -4.88. The number of hydrogen-bond acceptors (Lipinski definition) is 4. The van der Waals surface area contributed by atoms with E-state index >= 15 is 0 Å². The number of nitrogens with one attached hydrogen (secondary N) is 1. The molecule has 25 heavy (non-hydrogen) atoms. The van der Waals surface area contributed by atoms with Crippen molar-refractivity contribution in [3.8, 4) is 5.69 Å². The quantitative estimate of drug-likeness (QED) is 0.547. The molecule has 3 rings (SSSR count). The van der Waals surface area contributed by atoms with Gasteiger partial charge in [-0.25, -0.2) is 4.39 Å². The lowest BCUT2D eigenvalue weighted by molar-refractivity contribution is -0.137. The standard InChI is InChI=1S/C14H6BrF4N3O3/c15-10-6(16)1-4(14(17,18)19)2-7(10)22-8(23)3-5-9(11(22)20)13(25)21-12(5)24/h1-3H,20H2,(H,21,24,25). The van der Waals surface area contributed by atoms with Crippen molar-refractivity contribution in [2.24, 2.45) is 0 Å². The average Bonchev–Trinajstić information content (AvgIpc) is 2.76. The van der Waals surface area contributed by atoms with Gasteiger partial charge in [-0.1, -0.05) is 0 Å². The summed E-state index contributed by atoms with van der Waals surface area (Å²) in [6.45, 7) is 0. The van der Waals surface area contributed by atoms with Crippen LogP contribution in [-0.2, 0) is 6.18 Å². The highest BCUT2D eigenvalue weighted by molar-refractivity contribution is 9.10. The van der Waals surface area contributed by atoms with Crippen molar-refractivity contribution in [3.05, 3.63) is 55.5 Å². The van der Waals surface area contributed by atoms with E-state index in [-0.39, 0.29) is 17.2 Å². The number of pyridine rings is 1. The van der Waals surface area contributed by atoms with Gasteiger partial charge in [-0.05, 0) is 28.1 Å². The number of hydrogen-bond donors (Lipinski definition) is 2. The molecule has 6 nitrogen and oxygen atoms in total. The van der Waals surface area contributed by atoms with Gasteiger partial charge in [-0.3, -0.25) is 24.3 Å². The predicted octanol–water partition coefficient (Wildman–Crippen LogP) is 2.22. The minimum absolute atomic E-state index is 0.248. The molecule has 1 aromatic heterocycles. The fourth-order valence-corrected chi connectivity index (χ4v) is 2.84. The first-order valence-corrected chi connectivity index (χ1v) is 7.29. The topological polar surface area (TPSA) is 94.2 Å². The lowest BCUT2D eigenvalue weighted by atomic mass is 10.1. The molecule has 11 heteroatoms. The Bertz CT molecular complexity index is 1010. The van der Waals surface area contributed by atoms with Gasteiger partial charge in [0, 0.05) is 6.07 Å². The van der Waals surface area contributed by atoms with Crippen LogP contribution in [-0.4, -0.2) is 16.4 Å². The molecule has 2 aromatic rings. The summed E-state index contributed by atoms with van der Waals surface area (Å²) >= 11 is 2.77. The van der Waals surface area contributed by atoms with Crippen molar-refractivity contribution in [2.75, 3.05) is 5.73 Å². The number of nitrogens with two attached hydrogens (primary N) is 1. The number of aromatic nitrogens is 1. The monoisotopic (exact) mass is 419 g/mol. The summed E-state index contributed by atoms with van der Waals surface area (Å²) in [5.74, 6) is -3.62. The molecule has 1 aromatic carbocycles. The number of fused-ring (bicyclic) bond motifs is 1. The van der Waals surface area contributed by atoms with Crippen LogP contribution in [0.4, 0.5) is 23.4 Å². The highest BCUT2D eigenvalue weighted by atomic mass is 79.9. The van der Waals surface area contributed by atoms with E-state index in [4.69, 9.17) is 5.73 Å². The first-order valence-electron chi connectivity index (χ1n) is 6.50. The van der Waals surface area contributed by atoms with Gasteiger partial charge >= 0.3 is 6.18 Å². The second kappa shape index (κ2) is 5.41. The summed E-state index contributed by atoms with van der Waals surface area (Å²) in [6, 6.07) is 1.50. The SMILES string of the molecule is Nc1c2c(cc(=O)n1-c1cc(C(F)(F)F)cc(F)c1Br)C(=O)NC2=O. The molecule has 0 fully saturated rings. The molecule has 0 atom stereocenters. The summed E-state index contributed by atoms with van der Waals surface area (Å²) in [5.41, 5.74) is 2.16. The molecule has 1 aliphatic rings. The van der Waals surface area contributed by atoms with E-state index in [9.17, 15) is 31.9 Å². The third-order valence-corrected chi connectivity index (χ3v) is 4.32. The van der Waals surface area contributed by atoms with E-state index in [2.05, 4.69) is 15.9 Å². The molecule has 130 valence electrons. The lowest BCUT2D eigenvalue weighted by Crippen LogP contribution is -2.25. The molecule has 0 spiro atoms. The summed E-state index contributed by atoms with van der Waals surface area (Å²) in [6.07, 6.45) is -4.88. The van der Waals surface area contributed by atoms with Crippen LogP contribution in [0.1, 0.15) is 26.3 Å². The molecule has 0 unspecified atom stereocenters. The number of rotatable bonds is 1. The number of carbonyl (C=O) groups is 2. The van der Waals surface area contributed by atoms with Crippen molar-refractivity contribution in [3.63, 3.8) is 0 Å². The Morgan fingerprint density at radius 3 is 2.32 bits per heavy atom. The Kier molecular flexibility index (Phi) is 3.71. The third kappa shape index (κ3) is 2.60. The number of benzene rings is 1. The number of nitrogens with zero attached hydrogens (tertiary/aromatic N) is 1. The largest absolute Gasteiger partial charge is 0.416 e. The maximum Gasteiger partial charge on any atom is 0.416 e. The zero-order valence-electron chi connectivity index (χ0n) is 11.9. The van der Waals surface area contributed by atoms with Crippen molar-refractivity contribution in [2.45, 2.75) is 6.18 Å². The fourth-order valence-electron chi connectivity index (χ4n) is 2.43. The Balaban J connectivity index is 2.38. The number of alkyl halides is 3. The van der Waals surface area contributed by atoms with Crippen molar-refractivity contribution >= 4 is 33.6 Å². The van der Waals surface area contributed by atoms with Crippen LogP contribution in [0.2, 0.25) is 0 Å². The van der Waals surface area contributed by atoms with Crippen LogP contribution in [0.5, 0.6) is 0 Å². The molecule has 3 N–H and O–H groups in total. The Hall–Kier alpha value is -2.69. The van der Waals surface area contributed by atoms with Crippen LogP contribution in [0, 0.1) is 5.82 Å². The number of anilines is 1. The Morgan fingerprint density at radius 1 is 1.08 bits per heavy atom. The van der Waals surface area contributed by atoms with Crippen LogP contribution in [0.15, 0.2) is 27.5 Å². The normalized spacial score (nSPS) is 13.8. The van der Waals surface area contributed by atoms with E-state index in [1.54, 1.807) is 0 Å². The van der Waals surface area contributed by atoms with Crippen LogP contribution >= 0.6 is 15.9 Å². The van der Waals surface area contributed by atoms with E-state index in [0.717, 1.165) is 6.07 Å². The molecule has 0 saturated heterocycles. The molecular weight excluding hydrogens is 414 g/mol. The number of carbonyl (C=O) groups excluding carboxylic acids is 2. The first-order chi connectivity index (χ1) is 11.5. The second-order valence-corrected chi connectivity index (χ2v) is 5.86. The second-order valence-electron chi connectivity index (χ2n) is 5.06. The zero-order valence-corrected chi connectivity index (χ0v) is 13.5. The van der Waals surface area contributed by atoms with Gasteiger partial charge in [0.1, 0.15) is 11.6 Å². The predicted molar refractivity (Wildman–Crippen MR) is 80.9 cm³/mol. The van der Waals surface area contributed by atoms with Gasteiger partial charge in [-0.2, -0.15) is 13.2 Å². The minimum Gasteiger partial charge on any atom is -0.384 e. The average molecular weight is 420 g/mol. The maximum atomic E-state index is 13.9. The van der Waals surface area contributed by atoms with Gasteiger partial charge in [0.05, 0.1) is 26.9 Å². The number of amides is 2. The summed E-state index contributed by atoms with van der Waals surface area (Å²) in [7, 11) is 0. The van der Waals surface area contributed by atoms with E-state index in [0.29, 0.717) is 10.6 Å². The summed E-state index contributed by atoms with van der Waals surface area (Å²) in [5, 5.41) is 1.91. The summed E-state index contributed by atoms with van der Waals surface area (Å²) < 4.78 is 52.7. The Morgan fingerprint density at radius 2 is 1.72 bits per heavy atom. The molecule has 0 radical (unpaired) electrons. The Labute approximate surface area is 144 Å². The summed E-state index contributed by atoms with van der Waals surface area (Å²) in [4.78, 5) is 35.6. The van der Waals surface area contributed by atoms with Crippen molar-refractivity contribution in [1.82, 2.24) is 9.88 Å². The van der Waals surface area contributed by atoms with Crippen molar-refractivity contribution in [1.29, 1.82) is 0 Å². The molecule has 0 bridgehead atoms. The molecule has 0 saturated carbocycles. The van der Waals surface area contributed by atoms with Gasteiger partial charge in [-0.15, -0.1) is 0 Å². The number of imide groups is 1. The highest BCUT2D eigenvalue weighted by Gasteiger charge is 2.35. The van der Waals surface area contributed by atoms with Gasteiger partial charge in [0.15, 0.2) is 0 Å². The van der Waals surface area contributed by atoms with Crippen LogP contribution in [0.3, 0.4) is 0 Å². The van der Waals surface area contributed by atoms with E-state index < -0.39 is 50.9 Å². The molecule has 2 heterocycles. The smallest absolute Gasteiger partial charge is 0.384 e. The fraction of sp³-hybridized carbons (Fsp3) is 0.0714. The van der Waals surface area contributed by atoms with E-state index in [1.165, 1.54) is 0 Å². The number of nitrogen functional groups attached to an aromatic ring is 1. The first kappa shape index (κ1) is 17.1. The molecule has 2 amide bonds. The molecule has 0 aliphatic carbocycles. The number of halogens is 5. The van der Waals surface area contributed by atoms with Crippen LogP contribution in [0.25, 0.3) is 5.69 Å². The lowest BCUT2D eigenvalue weighted by Gasteiger charge is -2.16. The highest BCUT2D eigenvalue weighted by Crippen LogP contribution is 2.36. The zero-order chi connectivity index (χ0) is 18.7. The maximum absolute atomic E-state index is 13.9.